The Morgan fingerprint density at radius 1 is 1.41 bits per heavy atom. The zero-order valence-electron chi connectivity index (χ0n) is 10.1. The van der Waals surface area contributed by atoms with E-state index in [2.05, 4.69) is 0 Å². The van der Waals surface area contributed by atoms with Crippen LogP contribution in [-0.4, -0.2) is 18.2 Å². The van der Waals surface area contributed by atoms with Gasteiger partial charge in [-0.15, -0.1) is 12.4 Å². The van der Waals surface area contributed by atoms with E-state index < -0.39 is 17.4 Å². The molecule has 1 atom stereocenters. The quantitative estimate of drug-likeness (QED) is 0.815. The van der Waals surface area contributed by atoms with Crippen molar-refractivity contribution in [3.63, 3.8) is 0 Å². The van der Waals surface area contributed by atoms with Crippen LogP contribution in [0.3, 0.4) is 0 Å². The molecule has 1 aromatic rings. The van der Waals surface area contributed by atoms with E-state index in [0.717, 1.165) is 0 Å². The Morgan fingerprint density at radius 3 is 2.41 bits per heavy atom. The molecule has 0 aliphatic carbocycles. The number of carbonyl (C=O) groups excluding carboxylic acids is 1. The van der Waals surface area contributed by atoms with Crippen molar-refractivity contribution in [2.75, 3.05) is 7.11 Å². The molecule has 3 N–H and O–H groups in total. The number of rotatable bonds is 3. The predicted molar refractivity (Wildman–Crippen MR) is 68.1 cm³/mol. The first kappa shape index (κ1) is 15.7. The Balaban J connectivity index is 0.00000256. The van der Waals surface area contributed by atoms with Crippen LogP contribution in [0.1, 0.15) is 25.5 Å². The summed E-state index contributed by atoms with van der Waals surface area (Å²) in [6.45, 7) is 3.38. The van der Waals surface area contributed by atoms with Gasteiger partial charge in [0.05, 0.1) is 12.5 Å². The normalized spacial score (nSPS) is 12.5. The molecule has 5 heteroatoms. The van der Waals surface area contributed by atoms with Crippen molar-refractivity contribution in [3.05, 3.63) is 29.8 Å². The first-order chi connectivity index (χ1) is 7.41. The summed E-state index contributed by atoms with van der Waals surface area (Å²) in [6.07, 6.45) is 0. The fourth-order valence-electron chi connectivity index (χ4n) is 1.53. The number of methoxy groups -OCH3 is 1. The second-order valence-electron chi connectivity index (χ2n) is 4.25. The Bertz CT molecular complexity index is 393. The smallest absolute Gasteiger partial charge is 0.313 e. The lowest BCUT2D eigenvalue weighted by atomic mass is 9.81. The number of nitrogens with two attached hydrogens (primary N) is 1. The maximum absolute atomic E-state index is 11.6. The van der Waals surface area contributed by atoms with Gasteiger partial charge in [0.25, 0.3) is 0 Å². The van der Waals surface area contributed by atoms with Gasteiger partial charge in [-0.2, -0.15) is 0 Å². The Morgan fingerprint density at radius 2 is 1.94 bits per heavy atom. The fraction of sp³-hybridized carbons (Fsp3) is 0.417. The highest BCUT2D eigenvalue weighted by Gasteiger charge is 2.37. The van der Waals surface area contributed by atoms with Crippen molar-refractivity contribution in [1.29, 1.82) is 0 Å². The highest BCUT2D eigenvalue weighted by Crippen LogP contribution is 2.36. The van der Waals surface area contributed by atoms with E-state index in [1.54, 1.807) is 38.1 Å². The molecule has 0 amide bonds. The van der Waals surface area contributed by atoms with Crippen LogP contribution in [0.5, 0.6) is 5.75 Å². The lowest BCUT2D eigenvalue weighted by Gasteiger charge is -2.29. The van der Waals surface area contributed by atoms with Gasteiger partial charge in [0.2, 0.25) is 0 Å². The van der Waals surface area contributed by atoms with Crippen LogP contribution in [0.2, 0.25) is 0 Å². The number of para-hydroxylation sites is 1. The number of halogens is 1. The zero-order valence-corrected chi connectivity index (χ0v) is 11.0. The summed E-state index contributed by atoms with van der Waals surface area (Å²) in [5.74, 6) is -0.310. The second-order valence-corrected chi connectivity index (χ2v) is 4.25. The summed E-state index contributed by atoms with van der Waals surface area (Å²) in [7, 11) is 1.32. The van der Waals surface area contributed by atoms with E-state index >= 15 is 0 Å². The first-order valence-electron chi connectivity index (χ1n) is 5.03. The van der Waals surface area contributed by atoms with Gasteiger partial charge < -0.3 is 15.6 Å². The van der Waals surface area contributed by atoms with Gasteiger partial charge in [0.15, 0.2) is 0 Å². The molecule has 1 rings (SSSR count). The van der Waals surface area contributed by atoms with Crippen LogP contribution in [0, 0.1) is 5.41 Å². The predicted octanol–water partition coefficient (Wildman–Crippen LogP) is 2.01. The van der Waals surface area contributed by atoms with Crippen molar-refractivity contribution in [1.82, 2.24) is 0 Å². The van der Waals surface area contributed by atoms with E-state index in [1.807, 2.05) is 0 Å². The third-order valence-electron chi connectivity index (χ3n) is 2.76. The molecule has 1 aromatic carbocycles. The first-order valence-corrected chi connectivity index (χ1v) is 5.03. The van der Waals surface area contributed by atoms with Crippen molar-refractivity contribution in [2.45, 2.75) is 19.9 Å². The third-order valence-corrected chi connectivity index (χ3v) is 2.76. The number of aromatic hydroxyl groups is 1. The Hall–Kier alpha value is -1.26. The summed E-state index contributed by atoms with van der Waals surface area (Å²) >= 11 is 0. The summed E-state index contributed by atoms with van der Waals surface area (Å²) in [5, 5.41) is 9.67. The number of phenols is 1. The molecule has 0 unspecified atom stereocenters. The molecule has 0 saturated carbocycles. The minimum absolute atomic E-state index is 0. The molecule has 0 saturated heterocycles. The van der Waals surface area contributed by atoms with E-state index in [1.165, 1.54) is 7.11 Å². The number of esters is 1. The van der Waals surface area contributed by atoms with Crippen LogP contribution >= 0.6 is 12.4 Å². The second kappa shape index (κ2) is 5.89. The van der Waals surface area contributed by atoms with Gasteiger partial charge in [0.1, 0.15) is 5.75 Å². The Labute approximate surface area is 107 Å². The number of carbonyl (C=O) groups is 1. The molecule has 0 aromatic heterocycles. The van der Waals surface area contributed by atoms with Crippen molar-refractivity contribution in [2.24, 2.45) is 11.1 Å². The van der Waals surface area contributed by atoms with Gasteiger partial charge in [0, 0.05) is 11.6 Å². The largest absolute Gasteiger partial charge is 0.508 e. The van der Waals surface area contributed by atoms with E-state index in [9.17, 15) is 9.90 Å². The zero-order chi connectivity index (χ0) is 12.3. The van der Waals surface area contributed by atoms with Crippen molar-refractivity contribution >= 4 is 18.4 Å². The van der Waals surface area contributed by atoms with Crippen LogP contribution in [0.15, 0.2) is 24.3 Å². The van der Waals surface area contributed by atoms with E-state index in [-0.39, 0.29) is 18.2 Å². The minimum atomic E-state index is -0.881. The number of benzene rings is 1. The molecule has 17 heavy (non-hydrogen) atoms. The maximum Gasteiger partial charge on any atom is 0.313 e. The van der Waals surface area contributed by atoms with Gasteiger partial charge in [-0.1, -0.05) is 18.2 Å². The third kappa shape index (κ3) is 3.11. The number of hydrogen-bond donors (Lipinski definition) is 2. The lowest BCUT2D eigenvalue weighted by molar-refractivity contribution is -0.152. The van der Waals surface area contributed by atoms with Gasteiger partial charge >= 0.3 is 5.97 Å². The van der Waals surface area contributed by atoms with E-state index in [4.69, 9.17) is 10.5 Å². The van der Waals surface area contributed by atoms with Gasteiger partial charge in [-0.25, -0.2) is 0 Å². The molecular weight excluding hydrogens is 242 g/mol. The number of hydrogen-bond acceptors (Lipinski definition) is 4. The molecule has 0 aliphatic rings. The average Bonchev–Trinajstić information content (AvgIpc) is 2.27. The van der Waals surface area contributed by atoms with Crippen LogP contribution < -0.4 is 5.73 Å². The molecule has 0 aliphatic heterocycles. The number of ether oxygens (including phenoxy) is 1. The lowest BCUT2D eigenvalue weighted by Crippen LogP contribution is -2.37. The standard InChI is InChI=1S/C12H17NO3.ClH/c1-12(2,11(15)16-3)10(13)8-6-4-5-7-9(8)14;/h4-7,10,14H,13H2,1-3H3;1H/t10-;/m0./s1. The summed E-state index contributed by atoms with van der Waals surface area (Å²) in [4.78, 5) is 11.6. The molecule has 96 valence electrons. The molecule has 0 heterocycles. The monoisotopic (exact) mass is 259 g/mol. The highest BCUT2D eigenvalue weighted by atomic mass is 35.5. The van der Waals surface area contributed by atoms with Gasteiger partial charge in [-0.05, 0) is 19.9 Å². The summed E-state index contributed by atoms with van der Waals surface area (Å²) in [6, 6.07) is 6.10. The molecular formula is C12H18ClNO3. The SMILES string of the molecule is COC(=O)C(C)(C)[C@@H](N)c1ccccc1O.Cl. The summed E-state index contributed by atoms with van der Waals surface area (Å²) < 4.78 is 4.70. The minimum Gasteiger partial charge on any atom is -0.508 e. The molecule has 0 fully saturated rings. The molecule has 0 spiro atoms. The van der Waals surface area contributed by atoms with E-state index in [0.29, 0.717) is 5.56 Å². The molecule has 0 radical (unpaired) electrons. The van der Waals surface area contributed by atoms with Crippen molar-refractivity contribution < 1.29 is 14.6 Å². The molecule has 4 nitrogen and oxygen atoms in total. The topological polar surface area (TPSA) is 72.5 Å². The van der Waals surface area contributed by atoms with Crippen LogP contribution in [0.4, 0.5) is 0 Å². The number of phenolic OH excluding ortho intramolecular Hbond substituents is 1. The summed E-state index contributed by atoms with van der Waals surface area (Å²) in [5.41, 5.74) is 5.65. The maximum atomic E-state index is 11.6. The fourth-order valence-corrected chi connectivity index (χ4v) is 1.53. The van der Waals surface area contributed by atoms with Gasteiger partial charge in [-0.3, -0.25) is 4.79 Å². The average molecular weight is 260 g/mol. The highest BCUT2D eigenvalue weighted by molar-refractivity contribution is 5.85. The van der Waals surface area contributed by atoms with Crippen LogP contribution in [0.25, 0.3) is 0 Å². The Kier molecular flexibility index (Phi) is 5.45. The van der Waals surface area contributed by atoms with Crippen LogP contribution in [-0.2, 0) is 9.53 Å². The van der Waals surface area contributed by atoms with Crippen molar-refractivity contribution in [3.8, 4) is 5.75 Å². The molecule has 0 bridgehead atoms.